The van der Waals surface area contributed by atoms with Crippen LogP contribution in [-0.4, -0.2) is 6.29 Å². The topological polar surface area (TPSA) is 17.1 Å². The van der Waals surface area contributed by atoms with E-state index >= 15 is 0 Å². The van der Waals surface area contributed by atoms with Crippen molar-refractivity contribution in [2.45, 2.75) is 65.2 Å². The summed E-state index contributed by atoms with van der Waals surface area (Å²) in [5, 5.41) is 0. The molecule has 0 N–H and O–H groups in total. The maximum Gasteiger partial charge on any atom is 0.120 e. The Labute approximate surface area is 94.6 Å². The summed E-state index contributed by atoms with van der Waals surface area (Å²) >= 11 is 0. The molecule has 0 saturated heterocycles. The van der Waals surface area contributed by atoms with Gasteiger partial charge in [0.25, 0.3) is 0 Å². The Bertz CT molecular complexity index is 170. The van der Waals surface area contributed by atoms with Gasteiger partial charge in [-0.25, -0.2) is 0 Å². The van der Waals surface area contributed by atoms with Crippen molar-refractivity contribution in [3.63, 3.8) is 0 Å². The van der Waals surface area contributed by atoms with Gasteiger partial charge in [-0.2, -0.15) is 0 Å². The van der Waals surface area contributed by atoms with Gasteiger partial charge in [0, 0.05) is 6.42 Å². The molecule has 1 nitrogen and oxygen atoms in total. The van der Waals surface area contributed by atoms with Crippen molar-refractivity contribution in [3.8, 4) is 0 Å². The van der Waals surface area contributed by atoms with Gasteiger partial charge in [0.2, 0.25) is 0 Å². The van der Waals surface area contributed by atoms with Gasteiger partial charge in [0.1, 0.15) is 6.29 Å². The third-order valence-electron chi connectivity index (χ3n) is 4.12. The lowest BCUT2D eigenvalue weighted by Gasteiger charge is -2.30. The summed E-state index contributed by atoms with van der Waals surface area (Å²) in [4.78, 5) is 10.7. The fraction of sp³-hybridized carbons (Fsp3) is 0.929. The van der Waals surface area contributed by atoms with Gasteiger partial charge in [-0.1, -0.05) is 52.4 Å². The number of hydrogen-bond acceptors (Lipinski definition) is 1. The zero-order valence-electron chi connectivity index (χ0n) is 10.4. The highest BCUT2D eigenvalue weighted by Gasteiger charge is 2.24. The van der Waals surface area contributed by atoms with Crippen LogP contribution in [0.25, 0.3) is 0 Å². The van der Waals surface area contributed by atoms with E-state index in [2.05, 4.69) is 13.8 Å². The largest absolute Gasteiger partial charge is 0.303 e. The molecule has 1 heteroatoms. The molecule has 0 bridgehead atoms. The van der Waals surface area contributed by atoms with Crippen LogP contribution in [0.15, 0.2) is 0 Å². The van der Waals surface area contributed by atoms with Crippen LogP contribution in [0.5, 0.6) is 0 Å². The Morgan fingerprint density at radius 1 is 1.27 bits per heavy atom. The Morgan fingerprint density at radius 3 is 2.47 bits per heavy atom. The minimum Gasteiger partial charge on any atom is -0.303 e. The number of carbonyl (C=O) groups excluding carboxylic acids is 1. The fourth-order valence-corrected chi connectivity index (χ4v) is 2.89. The molecule has 1 aliphatic carbocycles. The van der Waals surface area contributed by atoms with Gasteiger partial charge in [0.05, 0.1) is 0 Å². The molecule has 0 aliphatic heterocycles. The third-order valence-corrected chi connectivity index (χ3v) is 4.12. The molecule has 1 rings (SSSR count). The van der Waals surface area contributed by atoms with Crippen molar-refractivity contribution in [2.24, 2.45) is 17.8 Å². The Hall–Kier alpha value is -0.330. The lowest BCUT2D eigenvalue weighted by atomic mass is 9.75. The maximum absolute atomic E-state index is 10.7. The highest BCUT2D eigenvalue weighted by Crippen LogP contribution is 2.35. The van der Waals surface area contributed by atoms with E-state index in [1.165, 1.54) is 44.9 Å². The molecule has 2 unspecified atom stereocenters. The van der Waals surface area contributed by atoms with E-state index in [4.69, 9.17) is 0 Å². The average molecular weight is 210 g/mol. The highest BCUT2D eigenvalue weighted by atomic mass is 16.1. The molecule has 0 aromatic carbocycles. The molecule has 0 aromatic rings. The minimum absolute atomic E-state index is 0.678. The highest BCUT2D eigenvalue weighted by molar-refractivity contribution is 5.49. The predicted octanol–water partition coefficient (Wildman–Crippen LogP) is 4.21. The standard InChI is InChI=1S/C14H26O/c1-3-12(2)11-14(9-10-15)13-7-5-4-6-8-13/h10,12-14H,3-9,11H2,1-2H3. The molecule has 15 heavy (non-hydrogen) atoms. The molecule has 1 fully saturated rings. The van der Waals surface area contributed by atoms with Crippen molar-refractivity contribution in [1.82, 2.24) is 0 Å². The number of rotatable bonds is 6. The fourth-order valence-electron chi connectivity index (χ4n) is 2.89. The predicted molar refractivity (Wildman–Crippen MR) is 64.8 cm³/mol. The molecule has 0 heterocycles. The minimum atomic E-state index is 0.678. The zero-order chi connectivity index (χ0) is 11.1. The smallest absolute Gasteiger partial charge is 0.120 e. The van der Waals surface area contributed by atoms with Crippen LogP contribution in [0.3, 0.4) is 0 Å². The van der Waals surface area contributed by atoms with Crippen LogP contribution in [0.1, 0.15) is 65.2 Å². The molecular formula is C14H26O. The van der Waals surface area contributed by atoms with E-state index in [0.717, 1.165) is 24.5 Å². The first-order chi connectivity index (χ1) is 7.27. The van der Waals surface area contributed by atoms with Crippen molar-refractivity contribution in [1.29, 1.82) is 0 Å². The average Bonchev–Trinajstić information content (AvgIpc) is 2.29. The molecule has 0 spiro atoms. The van der Waals surface area contributed by atoms with E-state index in [0.29, 0.717) is 5.92 Å². The summed E-state index contributed by atoms with van der Waals surface area (Å²) < 4.78 is 0. The van der Waals surface area contributed by atoms with Crippen molar-refractivity contribution in [2.75, 3.05) is 0 Å². The van der Waals surface area contributed by atoms with Gasteiger partial charge in [-0.05, 0) is 24.2 Å². The third kappa shape index (κ3) is 4.36. The molecule has 0 amide bonds. The van der Waals surface area contributed by atoms with Crippen molar-refractivity contribution >= 4 is 6.29 Å². The lowest BCUT2D eigenvalue weighted by molar-refractivity contribution is -0.109. The van der Waals surface area contributed by atoms with E-state index in [-0.39, 0.29) is 0 Å². The Balaban J connectivity index is 2.43. The van der Waals surface area contributed by atoms with E-state index in [1.807, 2.05) is 0 Å². The summed E-state index contributed by atoms with van der Waals surface area (Å²) in [6, 6.07) is 0. The number of carbonyl (C=O) groups is 1. The summed E-state index contributed by atoms with van der Waals surface area (Å²) in [7, 11) is 0. The molecule has 2 atom stereocenters. The van der Waals surface area contributed by atoms with Crippen LogP contribution < -0.4 is 0 Å². The van der Waals surface area contributed by atoms with Crippen molar-refractivity contribution in [3.05, 3.63) is 0 Å². The summed E-state index contributed by atoms with van der Waals surface area (Å²) in [6.07, 6.45) is 11.4. The van der Waals surface area contributed by atoms with E-state index in [9.17, 15) is 4.79 Å². The quantitative estimate of drug-likeness (QED) is 0.600. The summed E-state index contributed by atoms with van der Waals surface area (Å²) in [5.74, 6) is 2.31. The van der Waals surface area contributed by atoms with E-state index in [1.54, 1.807) is 0 Å². The van der Waals surface area contributed by atoms with E-state index < -0.39 is 0 Å². The SMILES string of the molecule is CCC(C)CC(CC=O)C1CCCCC1. The van der Waals surface area contributed by atoms with Gasteiger partial charge in [0.15, 0.2) is 0 Å². The number of aldehydes is 1. The zero-order valence-corrected chi connectivity index (χ0v) is 10.4. The second-order valence-corrected chi connectivity index (χ2v) is 5.31. The molecule has 1 saturated carbocycles. The monoisotopic (exact) mass is 210 g/mol. The van der Waals surface area contributed by atoms with Crippen LogP contribution in [-0.2, 0) is 4.79 Å². The summed E-state index contributed by atoms with van der Waals surface area (Å²) in [5.41, 5.74) is 0. The van der Waals surface area contributed by atoms with Gasteiger partial charge < -0.3 is 4.79 Å². The normalized spacial score (nSPS) is 22.3. The summed E-state index contributed by atoms with van der Waals surface area (Å²) in [6.45, 7) is 4.57. The van der Waals surface area contributed by atoms with Crippen LogP contribution >= 0.6 is 0 Å². The van der Waals surface area contributed by atoms with Gasteiger partial charge in [-0.3, -0.25) is 0 Å². The first-order valence-electron chi connectivity index (χ1n) is 6.71. The van der Waals surface area contributed by atoms with Gasteiger partial charge in [-0.15, -0.1) is 0 Å². The van der Waals surface area contributed by atoms with Crippen LogP contribution in [0.2, 0.25) is 0 Å². The van der Waals surface area contributed by atoms with Crippen LogP contribution in [0, 0.1) is 17.8 Å². The molecule has 0 radical (unpaired) electrons. The first-order valence-corrected chi connectivity index (χ1v) is 6.71. The number of hydrogen-bond donors (Lipinski definition) is 0. The van der Waals surface area contributed by atoms with Crippen molar-refractivity contribution < 1.29 is 4.79 Å². The van der Waals surface area contributed by atoms with Gasteiger partial charge >= 0.3 is 0 Å². The maximum atomic E-state index is 10.7. The Kier molecular flexibility index (Phi) is 5.97. The molecular weight excluding hydrogens is 184 g/mol. The molecule has 0 aromatic heterocycles. The molecule has 1 aliphatic rings. The lowest BCUT2D eigenvalue weighted by Crippen LogP contribution is -2.20. The second kappa shape index (κ2) is 7.03. The molecule has 88 valence electrons. The second-order valence-electron chi connectivity index (χ2n) is 5.31. The van der Waals surface area contributed by atoms with Crippen LogP contribution in [0.4, 0.5) is 0 Å². The Morgan fingerprint density at radius 2 is 1.93 bits per heavy atom. The first kappa shape index (κ1) is 12.7.